The zero-order chi connectivity index (χ0) is 15.7. The fraction of sp³-hybridized carbons (Fsp3) is 0.357. The number of thioether (sulfide) groups is 1. The summed E-state index contributed by atoms with van der Waals surface area (Å²) in [7, 11) is 0. The zero-order valence-corrected chi connectivity index (χ0v) is 12.5. The summed E-state index contributed by atoms with van der Waals surface area (Å²) in [6, 6.07) is 6.95. The Morgan fingerprint density at radius 1 is 1.14 bits per heavy atom. The SMILES string of the molecule is CC(=O)NCc1ccc(C(=O)NCCSCC(=O)O)cc1. The van der Waals surface area contributed by atoms with Crippen LogP contribution in [0, 0.1) is 0 Å². The van der Waals surface area contributed by atoms with Crippen molar-refractivity contribution in [2.75, 3.05) is 18.1 Å². The average Bonchev–Trinajstić information content (AvgIpc) is 2.44. The fourth-order valence-corrected chi connectivity index (χ4v) is 2.06. The molecule has 1 aromatic rings. The van der Waals surface area contributed by atoms with Crippen molar-refractivity contribution in [1.82, 2.24) is 10.6 Å². The van der Waals surface area contributed by atoms with Crippen molar-refractivity contribution in [3.05, 3.63) is 35.4 Å². The van der Waals surface area contributed by atoms with Gasteiger partial charge >= 0.3 is 5.97 Å². The molecule has 0 aliphatic carbocycles. The Balaban J connectivity index is 2.34. The van der Waals surface area contributed by atoms with Crippen LogP contribution in [0.2, 0.25) is 0 Å². The molecule has 0 fully saturated rings. The first-order valence-corrected chi connectivity index (χ1v) is 7.55. The molecule has 0 unspecified atom stereocenters. The van der Waals surface area contributed by atoms with Gasteiger partial charge in [0.15, 0.2) is 0 Å². The van der Waals surface area contributed by atoms with E-state index in [1.54, 1.807) is 24.3 Å². The van der Waals surface area contributed by atoms with E-state index in [1.807, 2.05) is 0 Å². The maximum atomic E-state index is 11.8. The Morgan fingerprint density at radius 3 is 2.38 bits per heavy atom. The second kappa shape index (κ2) is 9.02. The number of carbonyl (C=O) groups is 3. The molecule has 0 atom stereocenters. The normalized spacial score (nSPS) is 9.95. The summed E-state index contributed by atoms with van der Waals surface area (Å²) in [5, 5.41) is 13.9. The Labute approximate surface area is 127 Å². The molecule has 0 aliphatic rings. The highest BCUT2D eigenvalue weighted by atomic mass is 32.2. The number of carbonyl (C=O) groups excluding carboxylic acids is 2. The minimum atomic E-state index is -0.860. The number of hydrogen-bond acceptors (Lipinski definition) is 4. The lowest BCUT2D eigenvalue weighted by atomic mass is 10.1. The van der Waals surface area contributed by atoms with Crippen LogP contribution in [0.15, 0.2) is 24.3 Å². The highest BCUT2D eigenvalue weighted by molar-refractivity contribution is 7.99. The highest BCUT2D eigenvalue weighted by Gasteiger charge is 2.05. The molecular weight excluding hydrogens is 292 g/mol. The van der Waals surface area contributed by atoms with Crippen molar-refractivity contribution in [2.45, 2.75) is 13.5 Å². The van der Waals surface area contributed by atoms with Gasteiger partial charge in [-0.15, -0.1) is 11.8 Å². The lowest BCUT2D eigenvalue weighted by Crippen LogP contribution is -2.26. The monoisotopic (exact) mass is 310 g/mol. The predicted octanol–water partition coefficient (Wildman–Crippen LogP) is 0.870. The first-order valence-electron chi connectivity index (χ1n) is 6.40. The summed E-state index contributed by atoms with van der Waals surface area (Å²) in [5.41, 5.74) is 1.45. The smallest absolute Gasteiger partial charge is 0.313 e. The van der Waals surface area contributed by atoms with Crippen LogP contribution in [0.4, 0.5) is 0 Å². The molecular formula is C14H18N2O4S. The summed E-state index contributed by atoms with van der Waals surface area (Å²) in [4.78, 5) is 32.9. The number of carboxylic acids is 1. The molecule has 1 aromatic carbocycles. The van der Waals surface area contributed by atoms with E-state index in [9.17, 15) is 14.4 Å². The van der Waals surface area contributed by atoms with Gasteiger partial charge in [-0.1, -0.05) is 12.1 Å². The molecule has 1 rings (SSSR count). The van der Waals surface area contributed by atoms with Crippen LogP contribution in [0.5, 0.6) is 0 Å². The van der Waals surface area contributed by atoms with E-state index in [-0.39, 0.29) is 17.6 Å². The minimum absolute atomic E-state index is 0.0354. The topological polar surface area (TPSA) is 95.5 Å². The van der Waals surface area contributed by atoms with Crippen LogP contribution in [-0.2, 0) is 16.1 Å². The standard InChI is InChI=1S/C14H18N2O4S/c1-10(17)16-8-11-2-4-12(5-3-11)14(20)15-6-7-21-9-13(18)19/h2-5H,6-9H2,1H3,(H,15,20)(H,16,17)(H,18,19). The number of amides is 2. The zero-order valence-electron chi connectivity index (χ0n) is 11.7. The van der Waals surface area contributed by atoms with Gasteiger partial charge in [0, 0.05) is 31.3 Å². The third-order valence-corrected chi connectivity index (χ3v) is 3.46. The lowest BCUT2D eigenvalue weighted by molar-refractivity contribution is -0.133. The molecule has 2 amide bonds. The van der Waals surface area contributed by atoms with Crippen LogP contribution in [0.25, 0.3) is 0 Å². The molecule has 0 aliphatic heterocycles. The third kappa shape index (κ3) is 7.36. The van der Waals surface area contributed by atoms with Crippen molar-refractivity contribution < 1.29 is 19.5 Å². The van der Waals surface area contributed by atoms with Crippen LogP contribution >= 0.6 is 11.8 Å². The van der Waals surface area contributed by atoms with Gasteiger partial charge in [-0.05, 0) is 17.7 Å². The van der Waals surface area contributed by atoms with Gasteiger partial charge in [-0.2, -0.15) is 0 Å². The number of aliphatic carboxylic acids is 1. The van der Waals surface area contributed by atoms with E-state index < -0.39 is 5.97 Å². The van der Waals surface area contributed by atoms with Gasteiger partial charge in [0.05, 0.1) is 5.75 Å². The lowest BCUT2D eigenvalue weighted by Gasteiger charge is -2.06. The molecule has 0 saturated carbocycles. The van der Waals surface area contributed by atoms with Crippen molar-refractivity contribution in [1.29, 1.82) is 0 Å². The minimum Gasteiger partial charge on any atom is -0.481 e. The van der Waals surface area contributed by atoms with Crippen molar-refractivity contribution in [3.8, 4) is 0 Å². The maximum absolute atomic E-state index is 11.8. The van der Waals surface area contributed by atoms with Crippen LogP contribution in [-0.4, -0.2) is 40.9 Å². The van der Waals surface area contributed by atoms with E-state index in [2.05, 4.69) is 10.6 Å². The number of carboxylic acid groups (broad SMARTS) is 1. The predicted molar refractivity (Wildman–Crippen MR) is 81.3 cm³/mol. The summed E-state index contributed by atoms with van der Waals surface area (Å²) in [5.74, 6) is -0.569. The summed E-state index contributed by atoms with van der Waals surface area (Å²) in [6.45, 7) is 2.30. The number of nitrogens with one attached hydrogen (secondary N) is 2. The molecule has 7 heteroatoms. The highest BCUT2D eigenvalue weighted by Crippen LogP contribution is 2.05. The van der Waals surface area contributed by atoms with E-state index in [0.29, 0.717) is 24.4 Å². The second-order valence-corrected chi connectivity index (χ2v) is 5.41. The van der Waals surface area contributed by atoms with Gasteiger partial charge in [-0.3, -0.25) is 14.4 Å². The van der Waals surface area contributed by atoms with E-state index in [1.165, 1.54) is 18.7 Å². The Bertz CT molecular complexity index is 502. The molecule has 0 heterocycles. The Kier molecular flexibility index (Phi) is 7.31. The molecule has 0 spiro atoms. The molecule has 3 N–H and O–H groups in total. The maximum Gasteiger partial charge on any atom is 0.313 e. The molecule has 0 aromatic heterocycles. The quantitative estimate of drug-likeness (QED) is 0.619. The van der Waals surface area contributed by atoms with Crippen molar-refractivity contribution in [3.63, 3.8) is 0 Å². The van der Waals surface area contributed by atoms with Crippen molar-refractivity contribution >= 4 is 29.5 Å². The summed E-state index contributed by atoms with van der Waals surface area (Å²) in [6.07, 6.45) is 0. The van der Waals surface area contributed by atoms with Gasteiger partial charge in [0.1, 0.15) is 0 Å². The molecule has 21 heavy (non-hydrogen) atoms. The molecule has 0 saturated heterocycles. The Morgan fingerprint density at radius 2 is 1.81 bits per heavy atom. The average molecular weight is 310 g/mol. The second-order valence-electron chi connectivity index (χ2n) is 4.31. The summed E-state index contributed by atoms with van der Waals surface area (Å²) >= 11 is 1.26. The van der Waals surface area contributed by atoms with Gasteiger partial charge < -0.3 is 15.7 Å². The number of hydrogen-bond donors (Lipinski definition) is 3. The Hall–Kier alpha value is -2.02. The van der Waals surface area contributed by atoms with Crippen LogP contribution in [0.3, 0.4) is 0 Å². The molecule has 114 valence electrons. The van der Waals surface area contributed by atoms with Gasteiger partial charge in [-0.25, -0.2) is 0 Å². The molecule has 0 radical (unpaired) electrons. The number of benzene rings is 1. The first kappa shape index (κ1) is 17.0. The van der Waals surface area contributed by atoms with E-state index >= 15 is 0 Å². The summed E-state index contributed by atoms with van der Waals surface area (Å²) < 4.78 is 0. The largest absolute Gasteiger partial charge is 0.481 e. The van der Waals surface area contributed by atoms with Gasteiger partial charge in [0.2, 0.25) is 5.91 Å². The molecule has 6 nitrogen and oxygen atoms in total. The van der Waals surface area contributed by atoms with E-state index in [4.69, 9.17) is 5.11 Å². The van der Waals surface area contributed by atoms with E-state index in [0.717, 1.165) is 5.56 Å². The van der Waals surface area contributed by atoms with Gasteiger partial charge in [0.25, 0.3) is 5.91 Å². The third-order valence-electron chi connectivity index (χ3n) is 2.52. The molecule has 0 bridgehead atoms. The van der Waals surface area contributed by atoms with Crippen LogP contribution < -0.4 is 10.6 Å². The first-order chi connectivity index (χ1) is 9.99. The van der Waals surface area contributed by atoms with Crippen LogP contribution in [0.1, 0.15) is 22.8 Å². The van der Waals surface area contributed by atoms with Crippen molar-refractivity contribution in [2.24, 2.45) is 0 Å². The number of rotatable bonds is 8. The fourth-order valence-electron chi connectivity index (χ4n) is 1.50.